The fourth-order valence-corrected chi connectivity index (χ4v) is 6.44. The number of carbonyl (C=O) groups excluding carboxylic acids is 3. The number of nitrogens with zero attached hydrogens (tertiary/aromatic N) is 5. The fraction of sp³-hybridized carbons (Fsp3) is 0.448. The van der Waals surface area contributed by atoms with E-state index < -0.39 is 5.54 Å². The number of hydrogen-bond acceptors (Lipinski definition) is 6. The van der Waals surface area contributed by atoms with Gasteiger partial charge in [-0.15, -0.1) is 0 Å². The van der Waals surface area contributed by atoms with E-state index in [2.05, 4.69) is 15.1 Å². The first-order chi connectivity index (χ1) is 19.0. The number of benzene rings is 2. The van der Waals surface area contributed by atoms with Crippen molar-refractivity contribution in [2.75, 3.05) is 51.5 Å². The van der Waals surface area contributed by atoms with E-state index in [1.165, 1.54) is 0 Å². The molecule has 6 rings (SSSR count). The van der Waals surface area contributed by atoms with Crippen molar-refractivity contribution >= 4 is 34.3 Å². The molecule has 1 N–H and O–H groups in total. The first kappa shape index (κ1) is 25.4. The van der Waals surface area contributed by atoms with Crippen LogP contribution in [0, 0.1) is 0 Å². The standard InChI is InChI=1S/C29H34N6O4/c1-39-19-24-8-5-13-34(24)26(36)18-33-20-35(23-6-3-2-4-7-23)29(28(33)38)11-14-32(15-12-29)27(37)21-9-10-25-22(16-21)17-30-31-25/h2-4,6-7,9-10,16-17,24H,5,8,11-15,18-20H2,1H3,(H,30,31)/t24-/m1/s1. The molecule has 3 aliphatic heterocycles. The van der Waals surface area contributed by atoms with Crippen LogP contribution in [-0.2, 0) is 14.3 Å². The maximum absolute atomic E-state index is 14.1. The van der Waals surface area contributed by atoms with Gasteiger partial charge in [-0.3, -0.25) is 19.5 Å². The maximum atomic E-state index is 14.1. The Morgan fingerprint density at radius 1 is 1.10 bits per heavy atom. The van der Waals surface area contributed by atoms with Crippen molar-refractivity contribution in [2.45, 2.75) is 37.3 Å². The van der Waals surface area contributed by atoms with Crippen LogP contribution in [0.1, 0.15) is 36.0 Å². The Morgan fingerprint density at radius 3 is 2.67 bits per heavy atom. The number of methoxy groups -OCH3 is 1. The summed E-state index contributed by atoms with van der Waals surface area (Å²) in [5.41, 5.74) is 1.66. The molecule has 2 aromatic carbocycles. The zero-order valence-electron chi connectivity index (χ0n) is 22.2. The molecule has 39 heavy (non-hydrogen) atoms. The van der Waals surface area contributed by atoms with Crippen molar-refractivity contribution in [2.24, 2.45) is 0 Å². The Bertz CT molecular complexity index is 1370. The van der Waals surface area contributed by atoms with Gasteiger partial charge < -0.3 is 24.3 Å². The summed E-state index contributed by atoms with van der Waals surface area (Å²) in [4.78, 5) is 48.3. The van der Waals surface area contributed by atoms with Crippen LogP contribution < -0.4 is 4.90 Å². The molecule has 3 aliphatic rings. The van der Waals surface area contributed by atoms with Gasteiger partial charge in [-0.05, 0) is 56.0 Å². The second kappa shape index (κ2) is 10.3. The Morgan fingerprint density at radius 2 is 1.90 bits per heavy atom. The molecule has 0 aliphatic carbocycles. The van der Waals surface area contributed by atoms with E-state index in [4.69, 9.17) is 4.74 Å². The third-order valence-corrected chi connectivity index (χ3v) is 8.53. The lowest BCUT2D eigenvalue weighted by atomic mass is 9.85. The van der Waals surface area contributed by atoms with Crippen molar-refractivity contribution < 1.29 is 19.1 Å². The van der Waals surface area contributed by atoms with Gasteiger partial charge in [-0.2, -0.15) is 5.10 Å². The van der Waals surface area contributed by atoms with E-state index in [0.29, 0.717) is 51.3 Å². The number of aromatic nitrogens is 2. The van der Waals surface area contributed by atoms with Crippen molar-refractivity contribution in [3.63, 3.8) is 0 Å². The second-order valence-corrected chi connectivity index (χ2v) is 10.7. The molecule has 3 amide bonds. The van der Waals surface area contributed by atoms with E-state index in [0.717, 1.165) is 29.4 Å². The largest absolute Gasteiger partial charge is 0.383 e. The molecule has 1 aromatic heterocycles. The Balaban J connectivity index is 1.20. The minimum atomic E-state index is -0.788. The number of nitrogens with one attached hydrogen (secondary N) is 1. The molecule has 0 saturated carbocycles. The van der Waals surface area contributed by atoms with E-state index >= 15 is 0 Å². The lowest BCUT2D eigenvalue weighted by molar-refractivity contribution is -0.141. The summed E-state index contributed by atoms with van der Waals surface area (Å²) in [7, 11) is 1.65. The number of hydrogen-bond donors (Lipinski definition) is 1. The number of likely N-dealkylation sites (tertiary alicyclic amines) is 2. The molecule has 0 unspecified atom stereocenters. The van der Waals surface area contributed by atoms with Crippen molar-refractivity contribution in [1.29, 1.82) is 0 Å². The highest BCUT2D eigenvalue weighted by Crippen LogP contribution is 2.40. The summed E-state index contributed by atoms with van der Waals surface area (Å²) in [5, 5.41) is 7.84. The van der Waals surface area contributed by atoms with Gasteiger partial charge in [0.05, 0.1) is 31.0 Å². The van der Waals surface area contributed by atoms with Gasteiger partial charge in [0.25, 0.3) is 11.8 Å². The molecule has 4 heterocycles. The molecule has 10 heteroatoms. The number of anilines is 1. The minimum Gasteiger partial charge on any atom is -0.383 e. The SMILES string of the molecule is COC[C@H]1CCCN1C(=O)CN1CN(c2ccccc2)C2(CCN(C(=O)c3ccc4[nH]ncc4c3)CC2)C1=O. The second-order valence-electron chi connectivity index (χ2n) is 10.7. The molecule has 3 aromatic rings. The van der Waals surface area contributed by atoms with Gasteiger partial charge in [0, 0.05) is 43.4 Å². The zero-order chi connectivity index (χ0) is 27.0. The summed E-state index contributed by atoms with van der Waals surface area (Å²) < 4.78 is 5.32. The monoisotopic (exact) mass is 530 g/mol. The number of amides is 3. The highest BCUT2D eigenvalue weighted by atomic mass is 16.5. The number of carbonyl (C=O) groups is 3. The van der Waals surface area contributed by atoms with E-state index in [1.807, 2.05) is 58.3 Å². The molecular weight excluding hydrogens is 496 g/mol. The normalized spacial score (nSPS) is 20.9. The van der Waals surface area contributed by atoms with E-state index in [9.17, 15) is 14.4 Å². The highest BCUT2D eigenvalue weighted by Gasteiger charge is 2.54. The molecule has 3 fully saturated rings. The summed E-state index contributed by atoms with van der Waals surface area (Å²) in [6.45, 7) is 2.53. The topological polar surface area (TPSA) is 102 Å². The first-order valence-electron chi connectivity index (χ1n) is 13.6. The number of ether oxygens (including phenoxy) is 1. The number of rotatable bonds is 6. The molecule has 10 nitrogen and oxygen atoms in total. The van der Waals surface area contributed by atoms with Crippen LogP contribution in [-0.4, -0.2) is 101 Å². The smallest absolute Gasteiger partial charge is 0.253 e. The third kappa shape index (κ3) is 4.52. The highest BCUT2D eigenvalue weighted by molar-refractivity contribution is 5.99. The van der Waals surface area contributed by atoms with Gasteiger partial charge in [0.15, 0.2) is 0 Å². The maximum Gasteiger partial charge on any atom is 0.253 e. The molecule has 0 radical (unpaired) electrons. The number of aromatic amines is 1. The van der Waals surface area contributed by atoms with Crippen molar-refractivity contribution in [3.8, 4) is 0 Å². The van der Waals surface area contributed by atoms with Gasteiger partial charge in [0.1, 0.15) is 12.1 Å². The summed E-state index contributed by atoms with van der Waals surface area (Å²) in [6, 6.07) is 15.5. The van der Waals surface area contributed by atoms with E-state index in [-0.39, 0.29) is 30.3 Å². The summed E-state index contributed by atoms with van der Waals surface area (Å²) in [6.07, 6.45) is 4.58. The quantitative estimate of drug-likeness (QED) is 0.526. The Kier molecular flexibility index (Phi) is 6.72. The van der Waals surface area contributed by atoms with Gasteiger partial charge in [-0.1, -0.05) is 18.2 Å². The van der Waals surface area contributed by atoms with Crippen LogP contribution in [0.4, 0.5) is 5.69 Å². The van der Waals surface area contributed by atoms with Crippen molar-refractivity contribution in [3.05, 3.63) is 60.3 Å². The van der Waals surface area contributed by atoms with Gasteiger partial charge in [-0.25, -0.2) is 0 Å². The first-order valence-corrected chi connectivity index (χ1v) is 13.6. The van der Waals surface area contributed by atoms with Crippen LogP contribution in [0.25, 0.3) is 10.9 Å². The van der Waals surface area contributed by atoms with Crippen LogP contribution in [0.3, 0.4) is 0 Å². The van der Waals surface area contributed by atoms with Gasteiger partial charge >= 0.3 is 0 Å². The average molecular weight is 531 g/mol. The molecule has 0 bridgehead atoms. The molecule has 1 spiro atoms. The lowest BCUT2D eigenvalue weighted by Crippen LogP contribution is -2.57. The minimum absolute atomic E-state index is 0.0322. The average Bonchev–Trinajstić information content (AvgIpc) is 3.69. The molecule has 1 atom stereocenters. The fourth-order valence-electron chi connectivity index (χ4n) is 6.44. The third-order valence-electron chi connectivity index (χ3n) is 8.53. The van der Waals surface area contributed by atoms with Crippen LogP contribution in [0.15, 0.2) is 54.7 Å². The van der Waals surface area contributed by atoms with Crippen LogP contribution in [0.2, 0.25) is 0 Å². The predicted octanol–water partition coefficient (Wildman–Crippen LogP) is 2.48. The number of para-hydroxylation sites is 1. The number of fused-ring (bicyclic) bond motifs is 1. The van der Waals surface area contributed by atoms with Crippen molar-refractivity contribution in [1.82, 2.24) is 24.9 Å². The lowest BCUT2D eigenvalue weighted by Gasteiger charge is -2.43. The number of H-pyrrole nitrogens is 1. The van der Waals surface area contributed by atoms with Crippen LogP contribution in [0.5, 0.6) is 0 Å². The molecule has 3 saturated heterocycles. The van der Waals surface area contributed by atoms with Gasteiger partial charge in [0.2, 0.25) is 5.91 Å². The number of piperidine rings is 1. The Hall–Kier alpha value is -3.92. The summed E-state index contributed by atoms with van der Waals surface area (Å²) >= 11 is 0. The zero-order valence-corrected chi connectivity index (χ0v) is 22.2. The summed E-state index contributed by atoms with van der Waals surface area (Å²) in [5.74, 6) is -0.112. The molecular formula is C29H34N6O4. The predicted molar refractivity (Wildman–Crippen MR) is 146 cm³/mol. The van der Waals surface area contributed by atoms with Crippen LogP contribution >= 0.6 is 0 Å². The molecule has 204 valence electrons. The Labute approximate surface area is 227 Å². The van der Waals surface area contributed by atoms with E-state index in [1.54, 1.807) is 18.2 Å².